The summed E-state index contributed by atoms with van der Waals surface area (Å²) in [7, 11) is 0. The summed E-state index contributed by atoms with van der Waals surface area (Å²) >= 11 is 0. The van der Waals surface area contributed by atoms with Crippen molar-refractivity contribution in [2.45, 2.75) is 76.2 Å². The van der Waals surface area contributed by atoms with E-state index >= 15 is 0 Å². The van der Waals surface area contributed by atoms with Crippen molar-refractivity contribution in [1.29, 1.82) is 0 Å². The Morgan fingerprint density at radius 3 is 2.54 bits per heavy atom. The lowest BCUT2D eigenvalue weighted by Gasteiger charge is -2.50. The van der Waals surface area contributed by atoms with Crippen LogP contribution in [0.15, 0.2) is 18.2 Å². The van der Waals surface area contributed by atoms with Crippen LogP contribution in [0.3, 0.4) is 0 Å². The average molecular weight is 365 g/mol. The molecule has 3 saturated heterocycles. The van der Waals surface area contributed by atoms with Gasteiger partial charge in [-0.3, -0.25) is 4.98 Å². The zero-order valence-corrected chi connectivity index (χ0v) is 15.9. The number of pyridine rings is 1. The van der Waals surface area contributed by atoms with Gasteiger partial charge in [-0.2, -0.15) is 0 Å². The number of ether oxygens (including phenoxy) is 5. The lowest BCUT2D eigenvalue weighted by atomic mass is 9.78. The van der Waals surface area contributed by atoms with Gasteiger partial charge in [0.15, 0.2) is 17.2 Å². The molecule has 7 heteroatoms. The molecule has 7 nitrogen and oxygen atoms in total. The quantitative estimate of drug-likeness (QED) is 0.854. The first-order chi connectivity index (χ1) is 12.0. The molecule has 0 aromatic carbocycles. The molecular weight excluding hydrogens is 338 g/mol. The molecule has 0 saturated carbocycles. The number of fused-ring (bicyclic) bond motifs is 1. The van der Waals surface area contributed by atoms with Crippen molar-refractivity contribution in [3.8, 4) is 0 Å². The van der Waals surface area contributed by atoms with Crippen molar-refractivity contribution in [1.82, 2.24) is 4.98 Å². The van der Waals surface area contributed by atoms with Gasteiger partial charge in [0.25, 0.3) is 0 Å². The predicted molar refractivity (Wildman–Crippen MR) is 91.3 cm³/mol. The molecule has 0 radical (unpaired) electrons. The number of hydrogen-bond donors (Lipinski definition) is 1. The van der Waals surface area contributed by atoms with Crippen LogP contribution in [0.5, 0.6) is 0 Å². The predicted octanol–water partition coefficient (Wildman–Crippen LogP) is 1.69. The summed E-state index contributed by atoms with van der Waals surface area (Å²) in [6.45, 7) is 9.56. The molecule has 3 aliphatic rings. The van der Waals surface area contributed by atoms with Gasteiger partial charge in [0.1, 0.15) is 18.8 Å². The minimum Gasteiger partial charge on any atom is -0.381 e. The van der Waals surface area contributed by atoms with Crippen LogP contribution in [0, 0.1) is 6.92 Å². The summed E-state index contributed by atoms with van der Waals surface area (Å²) in [5.41, 5.74) is 0.0946. The van der Waals surface area contributed by atoms with E-state index in [9.17, 15) is 5.11 Å². The number of nitrogens with zero attached hydrogens (tertiary/aromatic N) is 1. The maximum atomic E-state index is 11.9. The average Bonchev–Trinajstić information content (AvgIpc) is 3.01. The van der Waals surface area contributed by atoms with Crippen molar-refractivity contribution in [3.05, 3.63) is 29.6 Å². The largest absolute Gasteiger partial charge is 0.381 e. The zero-order chi connectivity index (χ0) is 18.8. The SMILES string of the molecule is Cc1cccc(C[C@@]2(O)[C@@H]3OC(C)(C)O[C@@H]3CO[C@]23COC(C)(C)O3)n1. The highest BCUT2D eigenvalue weighted by molar-refractivity contribution is 5.19. The third-order valence-electron chi connectivity index (χ3n) is 5.21. The summed E-state index contributed by atoms with van der Waals surface area (Å²) in [5.74, 6) is -3.02. The molecule has 1 N–H and O–H groups in total. The van der Waals surface area contributed by atoms with E-state index in [1.54, 1.807) is 13.8 Å². The molecule has 4 rings (SSSR count). The molecule has 0 aliphatic carbocycles. The Bertz CT molecular complexity index is 705. The molecule has 1 aromatic heterocycles. The van der Waals surface area contributed by atoms with E-state index in [2.05, 4.69) is 4.98 Å². The first-order valence-corrected chi connectivity index (χ1v) is 9.03. The molecule has 0 amide bonds. The van der Waals surface area contributed by atoms with Gasteiger partial charge in [0.2, 0.25) is 5.79 Å². The number of aryl methyl sites for hydroxylation is 1. The second-order valence-electron chi connectivity index (χ2n) is 8.32. The second-order valence-corrected chi connectivity index (χ2v) is 8.32. The van der Waals surface area contributed by atoms with Crippen LogP contribution < -0.4 is 0 Å². The van der Waals surface area contributed by atoms with Gasteiger partial charge in [-0.15, -0.1) is 0 Å². The summed E-state index contributed by atoms with van der Waals surface area (Å²) in [6.07, 6.45) is -0.807. The number of rotatable bonds is 2. The van der Waals surface area contributed by atoms with Gasteiger partial charge in [0.05, 0.1) is 6.61 Å². The van der Waals surface area contributed by atoms with Crippen LogP contribution in [0.4, 0.5) is 0 Å². The van der Waals surface area contributed by atoms with Crippen LogP contribution in [-0.2, 0) is 30.1 Å². The highest BCUT2D eigenvalue weighted by Crippen LogP contribution is 2.50. The van der Waals surface area contributed by atoms with Gasteiger partial charge in [-0.1, -0.05) is 6.07 Å². The molecule has 3 aliphatic heterocycles. The third kappa shape index (κ3) is 2.87. The highest BCUT2D eigenvalue weighted by Gasteiger charge is 2.70. The van der Waals surface area contributed by atoms with Crippen LogP contribution in [0.2, 0.25) is 0 Å². The molecule has 1 spiro atoms. The molecule has 3 fully saturated rings. The van der Waals surface area contributed by atoms with E-state index in [0.29, 0.717) is 0 Å². The Morgan fingerprint density at radius 1 is 1.12 bits per heavy atom. The summed E-state index contributed by atoms with van der Waals surface area (Å²) < 4.78 is 30.0. The van der Waals surface area contributed by atoms with Gasteiger partial charge < -0.3 is 28.8 Å². The van der Waals surface area contributed by atoms with Gasteiger partial charge in [-0.05, 0) is 46.8 Å². The Hall–Kier alpha value is -1.09. The first kappa shape index (κ1) is 18.3. The van der Waals surface area contributed by atoms with E-state index in [-0.39, 0.29) is 19.6 Å². The smallest absolute Gasteiger partial charge is 0.227 e. The lowest BCUT2D eigenvalue weighted by Crippen LogP contribution is -2.71. The molecule has 4 heterocycles. The van der Waals surface area contributed by atoms with Crippen LogP contribution in [-0.4, -0.2) is 58.5 Å². The van der Waals surface area contributed by atoms with Crippen molar-refractivity contribution in [3.63, 3.8) is 0 Å². The fourth-order valence-corrected chi connectivity index (χ4v) is 4.14. The summed E-state index contributed by atoms with van der Waals surface area (Å²) in [5, 5.41) is 11.9. The molecule has 1 aromatic rings. The second kappa shape index (κ2) is 5.70. The van der Waals surface area contributed by atoms with Crippen molar-refractivity contribution < 1.29 is 28.8 Å². The Kier molecular flexibility index (Phi) is 4.01. The number of hydrogen-bond acceptors (Lipinski definition) is 7. The van der Waals surface area contributed by atoms with Crippen LogP contribution in [0.1, 0.15) is 39.1 Å². The normalized spacial score (nSPS) is 40.7. The van der Waals surface area contributed by atoms with Gasteiger partial charge in [0, 0.05) is 17.8 Å². The van der Waals surface area contributed by atoms with Crippen molar-refractivity contribution in [2.24, 2.45) is 0 Å². The Balaban J connectivity index is 1.75. The van der Waals surface area contributed by atoms with Crippen LogP contribution in [0.25, 0.3) is 0 Å². The molecule has 0 unspecified atom stereocenters. The van der Waals surface area contributed by atoms with Crippen LogP contribution >= 0.6 is 0 Å². The highest BCUT2D eigenvalue weighted by atomic mass is 16.9. The topological polar surface area (TPSA) is 79.3 Å². The van der Waals surface area contributed by atoms with Crippen molar-refractivity contribution in [2.75, 3.05) is 13.2 Å². The Morgan fingerprint density at radius 2 is 1.88 bits per heavy atom. The lowest BCUT2D eigenvalue weighted by molar-refractivity contribution is -0.366. The monoisotopic (exact) mass is 365 g/mol. The molecule has 4 atom stereocenters. The first-order valence-electron chi connectivity index (χ1n) is 9.03. The number of aliphatic hydroxyl groups is 1. The maximum Gasteiger partial charge on any atom is 0.227 e. The van der Waals surface area contributed by atoms with E-state index in [4.69, 9.17) is 23.7 Å². The van der Waals surface area contributed by atoms with Gasteiger partial charge in [-0.25, -0.2) is 0 Å². The maximum absolute atomic E-state index is 11.9. The fourth-order valence-electron chi connectivity index (χ4n) is 4.14. The fraction of sp³-hybridized carbons (Fsp3) is 0.737. The molecule has 26 heavy (non-hydrogen) atoms. The molecular formula is C19H27NO6. The van der Waals surface area contributed by atoms with Crippen molar-refractivity contribution >= 4 is 0 Å². The number of aromatic nitrogens is 1. The molecule has 144 valence electrons. The van der Waals surface area contributed by atoms with E-state index in [1.807, 2.05) is 39.0 Å². The standard InChI is InChI=1S/C19H27NO6/c1-12-7-6-8-13(20-12)9-18(21)15-14(24-17(4,5)25-15)10-22-19(18)11-23-16(2,3)26-19/h6-8,14-15,21H,9-11H2,1-5H3/t14-,15-,18-,19+/m1/s1. The zero-order valence-electron chi connectivity index (χ0n) is 15.9. The Labute approximate surface area is 153 Å². The molecule has 0 bridgehead atoms. The minimum atomic E-state index is -1.52. The minimum absolute atomic E-state index is 0.106. The van der Waals surface area contributed by atoms with E-state index < -0.39 is 35.2 Å². The van der Waals surface area contributed by atoms with Gasteiger partial charge >= 0.3 is 0 Å². The van der Waals surface area contributed by atoms with E-state index in [0.717, 1.165) is 11.4 Å². The third-order valence-corrected chi connectivity index (χ3v) is 5.21. The van der Waals surface area contributed by atoms with E-state index in [1.165, 1.54) is 0 Å². The summed E-state index contributed by atoms with van der Waals surface area (Å²) in [4.78, 5) is 4.55. The summed E-state index contributed by atoms with van der Waals surface area (Å²) in [6, 6.07) is 5.71.